The van der Waals surface area contributed by atoms with E-state index in [0.717, 1.165) is 18.4 Å². The molecule has 0 aromatic heterocycles. The fourth-order valence-electron chi connectivity index (χ4n) is 2.54. The van der Waals surface area contributed by atoms with Gasteiger partial charge in [-0.2, -0.15) is 0 Å². The van der Waals surface area contributed by atoms with Crippen LogP contribution < -0.4 is 15.8 Å². The van der Waals surface area contributed by atoms with Crippen molar-refractivity contribution >= 4 is 34.0 Å². The Morgan fingerprint density at radius 3 is 2.48 bits per heavy atom. The monoisotopic (exact) mass is 409 g/mol. The molecular formula is C19H24ClN3O3S. The smallest absolute Gasteiger partial charge is 0.251 e. The van der Waals surface area contributed by atoms with Crippen molar-refractivity contribution < 1.29 is 13.2 Å². The van der Waals surface area contributed by atoms with E-state index >= 15 is 0 Å². The highest BCUT2D eigenvalue weighted by Crippen LogP contribution is 2.28. The molecule has 27 heavy (non-hydrogen) atoms. The second kappa shape index (κ2) is 9.21. The molecule has 1 aliphatic rings. The van der Waals surface area contributed by atoms with Crippen LogP contribution in [0.15, 0.2) is 53.4 Å². The fraction of sp³-hybridized carbons (Fsp3) is 0.316. The van der Waals surface area contributed by atoms with Gasteiger partial charge in [-0.15, -0.1) is 12.4 Å². The largest absolute Gasteiger partial charge is 0.399 e. The fourth-order valence-corrected chi connectivity index (χ4v) is 3.71. The third-order valence-electron chi connectivity index (χ3n) is 4.34. The lowest BCUT2D eigenvalue weighted by Gasteiger charge is -2.09. The number of nitrogens with two attached hydrogens (primary N) is 1. The first kappa shape index (κ1) is 21.2. The van der Waals surface area contributed by atoms with E-state index in [4.69, 9.17) is 5.73 Å². The Kier molecular flexibility index (Phi) is 7.24. The predicted octanol–water partition coefficient (Wildman–Crippen LogP) is 2.35. The van der Waals surface area contributed by atoms with Crippen LogP contribution in [0.4, 0.5) is 5.69 Å². The molecule has 0 radical (unpaired) electrons. The number of amides is 1. The summed E-state index contributed by atoms with van der Waals surface area (Å²) in [5.41, 5.74) is 7.75. The van der Waals surface area contributed by atoms with Crippen molar-refractivity contribution in [1.82, 2.24) is 10.0 Å². The van der Waals surface area contributed by atoms with Gasteiger partial charge < -0.3 is 11.1 Å². The van der Waals surface area contributed by atoms with Crippen LogP contribution in [-0.4, -0.2) is 27.4 Å². The standard InChI is InChI=1S/C19H23N3O3S.ClH/c20-17-8-6-14(7-9-17)10-11-21-19(23)16-2-1-3-18(12-16)26(24,25)22-13-15-4-5-15;/h1-3,6-9,12,15,22H,4-5,10-11,13,20H2,(H,21,23);1H. The molecule has 8 heteroatoms. The van der Waals surface area contributed by atoms with E-state index in [1.165, 1.54) is 12.1 Å². The molecule has 1 fully saturated rings. The highest BCUT2D eigenvalue weighted by molar-refractivity contribution is 7.89. The average molecular weight is 410 g/mol. The van der Waals surface area contributed by atoms with Gasteiger partial charge in [0.05, 0.1) is 4.90 Å². The van der Waals surface area contributed by atoms with Crippen LogP contribution >= 0.6 is 12.4 Å². The van der Waals surface area contributed by atoms with E-state index in [1.807, 2.05) is 24.3 Å². The van der Waals surface area contributed by atoms with Crippen molar-refractivity contribution in [2.75, 3.05) is 18.8 Å². The lowest BCUT2D eigenvalue weighted by Crippen LogP contribution is -2.28. The molecular weight excluding hydrogens is 386 g/mol. The van der Waals surface area contributed by atoms with Crippen LogP contribution in [0.1, 0.15) is 28.8 Å². The zero-order valence-corrected chi connectivity index (χ0v) is 16.5. The Morgan fingerprint density at radius 1 is 1.11 bits per heavy atom. The molecule has 0 saturated heterocycles. The minimum atomic E-state index is -3.58. The molecule has 146 valence electrons. The van der Waals surface area contributed by atoms with Crippen LogP contribution in [0, 0.1) is 5.92 Å². The highest BCUT2D eigenvalue weighted by Gasteiger charge is 2.24. The molecule has 2 aromatic carbocycles. The lowest BCUT2D eigenvalue weighted by atomic mass is 10.1. The number of benzene rings is 2. The summed E-state index contributed by atoms with van der Waals surface area (Å²) in [7, 11) is -3.58. The summed E-state index contributed by atoms with van der Waals surface area (Å²) in [5.74, 6) is 0.157. The van der Waals surface area contributed by atoms with Gasteiger partial charge in [-0.1, -0.05) is 18.2 Å². The maximum Gasteiger partial charge on any atom is 0.251 e. The van der Waals surface area contributed by atoms with Gasteiger partial charge in [0.2, 0.25) is 10.0 Å². The van der Waals surface area contributed by atoms with E-state index < -0.39 is 10.0 Å². The van der Waals surface area contributed by atoms with Crippen LogP contribution in [-0.2, 0) is 16.4 Å². The normalized spacial score (nSPS) is 13.6. The van der Waals surface area contributed by atoms with Crippen molar-refractivity contribution in [3.8, 4) is 0 Å². The van der Waals surface area contributed by atoms with Crippen molar-refractivity contribution in [3.05, 3.63) is 59.7 Å². The lowest BCUT2D eigenvalue weighted by molar-refractivity contribution is 0.0954. The molecule has 1 saturated carbocycles. The Morgan fingerprint density at radius 2 is 1.81 bits per heavy atom. The van der Waals surface area contributed by atoms with Gasteiger partial charge in [0.15, 0.2) is 0 Å². The first-order valence-corrected chi connectivity index (χ1v) is 10.1. The van der Waals surface area contributed by atoms with Gasteiger partial charge in [-0.25, -0.2) is 13.1 Å². The number of carbonyl (C=O) groups excluding carboxylic acids is 1. The molecule has 0 heterocycles. The second-order valence-electron chi connectivity index (χ2n) is 6.57. The molecule has 0 spiro atoms. The Balaban J connectivity index is 0.00000261. The van der Waals surface area contributed by atoms with Crippen LogP contribution in [0.2, 0.25) is 0 Å². The summed E-state index contributed by atoms with van der Waals surface area (Å²) in [5, 5.41) is 2.82. The summed E-state index contributed by atoms with van der Waals surface area (Å²) >= 11 is 0. The number of carbonyl (C=O) groups is 1. The van der Waals surface area contributed by atoms with E-state index in [2.05, 4.69) is 10.0 Å². The van der Waals surface area contributed by atoms with Gasteiger partial charge in [-0.3, -0.25) is 4.79 Å². The Hall–Kier alpha value is -2.09. The highest BCUT2D eigenvalue weighted by atomic mass is 35.5. The number of nitrogen functional groups attached to an aromatic ring is 1. The van der Waals surface area contributed by atoms with E-state index in [9.17, 15) is 13.2 Å². The van der Waals surface area contributed by atoms with Crippen molar-refractivity contribution in [1.29, 1.82) is 0 Å². The molecule has 4 N–H and O–H groups in total. The number of sulfonamides is 1. The first-order valence-electron chi connectivity index (χ1n) is 8.66. The van der Waals surface area contributed by atoms with E-state index in [0.29, 0.717) is 36.7 Å². The molecule has 0 bridgehead atoms. The summed E-state index contributed by atoms with van der Waals surface area (Å²) in [4.78, 5) is 12.4. The van der Waals surface area contributed by atoms with E-state index in [1.54, 1.807) is 12.1 Å². The summed E-state index contributed by atoms with van der Waals surface area (Å²) < 4.78 is 27.2. The Labute approximate surface area is 166 Å². The van der Waals surface area contributed by atoms with Gasteiger partial charge in [0, 0.05) is 24.3 Å². The maximum atomic E-state index is 12.3. The molecule has 0 aliphatic heterocycles. The van der Waals surface area contributed by atoms with Gasteiger partial charge in [0.1, 0.15) is 0 Å². The summed E-state index contributed by atoms with van der Waals surface area (Å²) in [6.07, 6.45) is 2.81. The van der Waals surface area contributed by atoms with E-state index in [-0.39, 0.29) is 23.2 Å². The second-order valence-corrected chi connectivity index (χ2v) is 8.34. The quantitative estimate of drug-likeness (QED) is 0.582. The predicted molar refractivity (Wildman–Crippen MR) is 108 cm³/mol. The Bertz CT molecular complexity index is 881. The van der Waals surface area contributed by atoms with Crippen LogP contribution in [0.5, 0.6) is 0 Å². The summed E-state index contributed by atoms with van der Waals surface area (Å²) in [6.45, 7) is 0.917. The van der Waals surface area contributed by atoms with Crippen LogP contribution in [0.3, 0.4) is 0 Å². The average Bonchev–Trinajstić information content (AvgIpc) is 3.46. The molecule has 3 rings (SSSR count). The molecule has 0 unspecified atom stereocenters. The number of anilines is 1. The van der Waals surface area contributed by atoms with Crippen LogP contribution in [0.25, 0.3) is 0 Å². The number of nitrogens with one attached hydrogen (secondary N) is 2. The van der Waals surface area contributed by atoms with Gasteiger partial charge in [0.25, 0.3) is 5.91 Å². The number of rotatable bonds is 8. The number of halogens is 1. The van der Waals surface area contributed by atoms with Crippen molar-refractivity contribution in [2.24, 2.45) is 5.92 Å². The van der Waals surface area contributed by atoms with Crippen molar-refractivity contribution in [3.63, 3.8) is 0 Å². The molecule has 1 amide bonds. The first-order chi connectivity index (χ1) is 12.4. The minimum Gasteiger partial charge on any atom is -0.399 e. The van der Waals surface area contributed by atoms with Gasteiger partial charge >= 0.3 is 0 Å². The third-order valence-corrected chi connectivity index (χ3v) is 5.77. The SMILES string of the molecule is Cl.Nc1ccc(CCNC(=O)c2cccc(S(=O)(=O)NCC3CC3)c2)cc1. The van der Waals surface area contributed by atoms with Crippen molar-refractivity contribution in [2.45, 2.75) is 24.2 Å². The maximum absolute atomic E-state index is 12.3. The number of hydrogen-bond donors (Lipinski definition) is 3. The summed E-state index contributed by atoms with van der Waals surface area (Å²) in [6, 6.07) is 13.6. The molecule has 6 nitrogen and oxygen atoms in total. The molecule has 1 aliphatic carbocycles. The number of hydrogen-bond acceptors (Lipinski definition) is 4. The minimum absolute atomic E-state index is 0. The topological polar surface area (TPSA) is 101 Å². The van der Waals surface area contributed by atoms with Gasteiger partial charge in [-0.05, 0) is 61.1 Å². The zero-order chi connectivity index (χ0) is 18.6. The molecule has 0 atom stereocenters. The third kappa shape index (κ3) is 6.23. The zero-order valence-electron chi connectivity index (χ0n) is 14.9. The molecule has 2 aromatic rings.